The van der Waals surface area contributed by atoms with Gasteiger partial charge in [-0.25, -0.2) is 9.37 Å². The van der Waals surface area contributed by atoms with Gasteiger partial charge in [-0.05, 0) is 18.9 Å². The van der Waals surface area contributed by atoms with Gasteiger partial charge in [-0.15, -0.1) is 0 Å². The minimum absolute atomic E-state index is 0.278. The number of rotatable bonds is 3. The van der Waals surface area contributed by atoms with E-state index in [2.05, 4.69) is 4.98 Å². The average molecular weight is 238 g/mol. The normalized spacial score (nSPS) is 17.1. The van der Waals surface area contributed by atoms with Crippen LogP contribution in [0.4, 0.5) is 10.2 Å². The SMILES string of the molecule is CN(c1nccc(CO)c1F)C1CCCCC1. The Morgan fingerprint density at radius 2 is 2.12 bits per heavy atom. The first-order valence-corrected chi connectivity index (χ1v) is 6.21. The molecule has 0 aliphatic heterocycles. The molecule has 1 saturated carbocycles. The van der Waals surface area contributed by atoms with Crippen molar-refractivity contribution in [3.63, 3.8) is 0 Å². The van der Waals surface area contributed by atoms with Crippen LogP contribution in [0, 0.1) is 5.82 Å². The highest BCUT2D eigenvalue weighted by Crippen LogP contribution is 2.27. The number of halogens is 1. The van der Waals surface area contributed by atoms with Gasteiger partial charge in [-0.2, -0.15) is 0 Å². The van der Waals surface area contributed by atoms with Crippen LogP contribution in [0.25, 0.3) is 0 Å². The summed E-state index contributed by atoms with van der Waals surface area (Å²) in [6.07, 6.45) is 7.44. The van der Waals surface area contributed by atoms with Crippen LogP contribution >= 0.6 is 0 Å². The van der Waals surface area contributed by atoms with Gasteiger partial charge >= 0.3 is 0 Å². The van der Waals surface area contributed by atoms with Crippen molar-refractivity contribution in [1.82, 2.24) is 4.98 Å². The van der Waals surface area contributed by atoms with Gasteiger partial charge in [0.25, 0.3) is 0 Å². The van der Waals surface area contributed by atoms with E-state index >= 15 is 0 Å². The Balaban J connectivity index is 2.20. The predicted molar refractivity (Wildman–Crippen MR) is 65.4 cm³/mol. The van der Waals surface area contributed by atoms with Gasteiger partial charge in [0, 0.05) is 24.8 Å². The molecule has 0 radical (unpaired) electrons. The van der Waals surface area contributed by atoms with E-state index in [1.807, 2.05) is 11.9 Å². The topological polar surface area (TPSA) is 36.4 Å². The van der Waals surface area contributed by atoms with Crippen LogP contribution < -0.4 is 4.90 Å². The van der Waals surface area contributed by atoms with Gasteiger partial charge in [0.15, 0.2) is 11.6 Å². The summed E-state index contributed by atoms with van der Waals surface area (Å²) in [4.78, 5) is 6.03. The van der Waals surface area contributed by atoms with E-state index in [0.717, 1.165) is 12.8 Å². The molecule has 3 nitrogen and oxygen atoms in total. The minimum Gasteiger partial charge on any atom is -0.392 e. The van der Waals surface area contributed by atoms with E-state index < -0.39 is 0 Å². The van der Waals surface area contributed by atoms with Crippen molar-refractivity contribution < 1.29 is 9.50 Å². The zero-order valence-electron chi connectivity index (χ0n) is 10.2. The Labute approximate surface area is 101 Å². The molecule has 1 fully saturated rings. The fraction of sp³-hybridized carbons (Fsp3) is 0.615. The van der Waals surface area contributed by atoms with Crippen molar-refractivity contribution in [1.29, 1.82) is 0 Å². The van der Waals surface area contributed by atoms with Crippen LogP contribution in [-0.4, -0.2) is 23.2 Å². The van der Waals surface area contributed by atoms with E-state index in [4.69, 9.17) is 5.11 Å². The summed E-state index contributed by atoms with van der Waals surface area (Å²) in [5, 5.41) is 9.05. The first kappa shape index (κ1) is 12.3. The standard InChI is InChI=1S/C13H19FN2O/c1-16(11-5-3-2-4-6-11)13-12(14)10(9-17)7-8-15-13/h7-8,11,17H,2-6,9H2,1H3. The molecule has 17 heavy (non-hydrogen) atoms. The lowest BCUT2D eigenvalue weighted by Crippen LogP contribution is -2.34. The zero-order valence-corrected chi connectivity index (χ0v) is 10.2. The summed E-state index contributed by atoms with van der Waals surface area (Å²) in [5.41, 5.74) is 0.317. The lowest BCUT2D eigenvalue weighted by Gasteiger charge is -2.32. The fourth-order valence-electron chi connectivity index (χ4n) is 2.48. The monoisotopic (exact) mass is 238 g/mol. The van der Waals surface area contributed by atoms with Gasteiger partial charge in [-0.3, -0.25) is 0 Å². The summed E-state index contributed by atoms with van der Waals surface area (Å²) in [7, 11) is 1.89. The van der Waals surface area contributed by atoms with E-state index in [1.165, 1.54) is 25.3 Å². The van der Waals surface area contributed by atoms with Crippen molar-refractivity contribution in [2.45, 2.75) is 44.8 Å². The third-order valence-corrected chi connectivity index (χ3v) is 3.58. The van der Waals surface area contributed by atoms with Crippen LogP contribution in [0.3, 0.4) is 0 Å². The van der Waals surface area contributed by atoms with E-state index in [-0.39, 0.29) is 12.4 Å². The molecule has 1 aromatic rings. The fourth-order valence-corrected chi connectivity index (χ4v) is 2.48. The van der Waals surface area contributed by atoms with Gasteiger partial charge < -0.3 is 10.0 Å². The number of nitrogens with zero attached hydrogens (tertiary/aromatic N) is 2. The molecule has 1 aliphatic rings. The van der Waals surface area contributed by atoms with Crippen molar-refractivity contribution in [2.75, 3.05) is 11.9 Å². The largest absolute Gasteiger partial charge is 0.392 e. The summed E-state index contributed by atoms with van der Waals surface area (Å²) in [6.45, 7) is -0.278. The van der Waals surface area contributed by atoms with Gasteiger partial charge in [0.1, 0.15) is 0 Å². The summed E-state index contributed by atoms with van der Waals surface area (Å²) in [6, 6.07) is 1.90. The van der Waals surface area contributed by atoms with Crippen LogP contribution in [-0.2, 0) is 6.61 Å². The van der Waals surface area contributed by atoms with Crippen molar-refractivity contribution in [3.05, 3.63) is 23.6 Å². The molecule has 0 atom stereocenters. The number of hydrogen-bond acceptors (Lipinski definition) is 3. The predicted octanol–water partition coefficient (Wildman–Crippen LogP) is 2.48. The lowest BCUT2D eigenvalue weighted by atomic mass is 9.94. The zero-order chi connectivity index (χ0) is 12.3. The Morgan fingerprint density at radius 1 is 1.41 bits per heavy atom. The molecule has 0 amide bonds. The molecule has 1 heterocycles. The number of hydrogen-bond donors (Lipinski definition) is 1. The molecule has 0 unspecified atom stereocenters. The number of pyridine rings is 1. The first-order valence-electron chi connectivity index (χ1n) is 6.21. The molecule has 2 rings (SSSR count). The molecule has 94 valence electrons. The molecule has 1 aromatic heterocycles. The molecule has 0 spiro atoms. The highest BCUT2D eigenvalue weighted by molar-refractivity contribution is 5.43. The number of aliphatic hydroxyl groups is 1. The minimum atomic E-state index is -0.386. The average Bonchev–Trinajstić information content (AvgIpc) is 2.39. The smallest absolute Gasteiger partial charge is 0.171 e. The summed E-state index contributed by atoms with van der Waals surface area (Å²) < 4.78 is 14.0. The number of aromatic nitrogens is 1. The van der Waals surface area contributed by atoms with Crippen LogP contribution in [0.5, 0.6) is 0 Å². The first-order chi connectivity index (χ1) is 8.24. The summed E-state index contributed by atoms with van der Waals surface area (Å²) >= 11 is 0. The third-order valence-electron chi connectivity index (χ3n) is 3.58. The van der Waals surface area contributed by atoms with E-state index in [1.54, 1.807) is 6.20 Å². The highest BCUT2D eigenvalue weighted by Gasteiger charge is 2.22. The second-order valence-electron chi connectivity index (χ2n) is 4.67. The van der Waals surface area contributed by atoms with E-state index in [0.29, 0.717) is 17.4 Å². The quantitative estimate of drug-likeness (QED) is 0.879. The Kier molecular flexibility index (Phi) is 3.94. The van der Waals surface area contributed by atoms with Crippen LogP contribution in [0.15, 0.2) is 12.3 Å². The van der Waals surface area contributed by atoms with E-state index in [9.17, 15) is 4.39 Å². The highest BCUT2D eigenvalue weighted by atomic mass is 19.1. The van der Waals surface area contributed by atoms with Crippen LogP contribution in [0.1, 0.15) is 37.7 Å². The van der Waals surface area contributed by atoms with Gasteiger partial charge in [0.2, 0.25) is 0 Å². The number of anilines is 1. The van der Waals surface area contributed by atoms with Crippen LogP contribution in [0.2, 0.25) is 0 Å². The Hall–Kier alpha value is -1.16. The van der Waals surface area contributed by atoms with Crippen molar-refractivity contribution in [2.24, 2.45) is 0 Å². The molecular formula is C13H19FN2O. The molecular weight excluding hydrogens is 219 g/mol. The summed E-state index contributed by atoms with van der Waals surface area (Å²) in [5.74, 6) is -0.0217. The third kappa shape index (κ3) is 2.57. The second-order valence-corrected chi connectivity index (χ2v) is 4.67. The number of aliphatic hydroxyl groups excluding tert-OH is 1. The molecule has 0 saturated heterocycles. The second kappa shape index (κ2) is 5.45. The molecule has 0 aromatic carbocycles. The van der Waals surface area contributed by atoms with Crippen molar-refractivity contribution >= 4 is 5.82 Å². The van der Waals surface area contributed by atoms with Gasteiger partial charge in [0.05, 0.1) is 6.61 Å². The molecule has 0 bridgehead atoms. The maximum Gasteiger partial charge on any atom is 0.171 e. The lowest BCUT2D eigenvalue weighted by molar-refractivity contribution is 0.275. The van der Waals surface area contributed by atoms with Crippen molar-refractivity contribution in [3.8, 4) is 0 Å². The molecule has 1 aliphatic carbocycles. The Bertz CT molecular complexity index is 378. The maximum absolute atomic E-state index is 14.0. The Morgan fingerprint density at radius 3 is 2.76 bits per heavy atom. The molecule has 1 N–H and O–H groups in total. The maximum atomic E-state index is 14.0. The molecule has 4 heteroatoms. The van der Waals surface area contributed by atoms with Gasteiger partial charge in [-0.1, -0.05) is 19.3 Å².